The van der Waals surface area contributed by atoms with Gasteiger partial charge in [0.25, 0.3) is 0 Å². The summed E-state index contributed by atoms with van der Waals surface area (Å²) < 4.78 is 0. The largest absolute Gasteiger partial charge is 0.282 e. The van der Waals surface area contributed by atoms with Crippen LogP contribution in [0.3, 0.4) is 0 Å². The van der Waals surface area contributed by atoms with Crippen LogP contribution >= 0.6 is 0 Å². The molecule has 5 unspecified atom stereocenters. The second-order valence-corrected chi connectivity index (χ2v) is 5.74. The summed E-state index contributed by atoms with van der Waals surface area (Å²) in [7, 11) is 0. The fraction of sp³-hybridized carbons (Fsp3) is 0.733. The first kappa shape index (κ1) is 12.5. The van der Waals surface area contributed by atoms with E-state index in [1.165, 1.54) is 19.3 Å². The molecule has 2 aliphatic carbocycles. The van der Waals surface area contributed by atoms with Crippen LogP contribution in [0.1, 0.15) is 40.0 Å². The molecule has 0 amide bonds. The predicted molar refractivity (Wildman–Crippen MR) is 67.7 cm³/mol. The van der Waals surface area contributed by atoms with Crippen molar-refractivity contribution in [1.82, 2.24) is 0 Å². The van der Waals surface area contributed by atoms with Crippen molar-refractivity contribution in [3.05, 3.63) is 11.6 Å². The Bertz CT molecular complexity index is 339. The highest BCUT2D eigenvalue weighted by Crippen LogP contribution is 2.45. The Kier molecular flexibility index (Phi) is 3.79. The Hall–Kier alpha value is -0.940. The van der Waals surface area contributed by atoms with E-state index >= 15 is 0 Å². The van der Waals surface area contributed by atoms with Crippen molar-refractivity contribution in [2.75, 3.05) is 0 Å². The third-order valence-corrected chi connectivity index (χ3v) is 4.29. The van der Waals surface area contributed by atoms with E-state index in [-0.39, 0.29) is 6.10 Å². The molecular formula is C15H22O2. The Labute approximate surface area is 104 Å². The molecule has 2 heteroatoms. The molecule has 2 aliphatic rings. The molecule has 2 rings (SSSR count). The number of terminal acetylenes is 1. The Morgan fingerprint density at radius 1 is 1.29 bits per heavy atom. The lowest BCUT2D eigenvalue weighted by atomic mass is 9.65. The number of hydrogen-bond acceptors (Lipinski definition) is 2. The zero-order valence-corrected chi connectivity index (χ0v) is 11.0. The highest BCUT2D eigenvalue weighted by atomic mass is 17.2. The maximum absolute atomic E-state index is 5.44. The molecule has 0 aliphatic heterocycles. The van der Waals surface area contributed by atoms with Gasteiger partial charge >= 0.3 is 0 Å². The van der Waals surface area contributed by atoms with Gasteiger partial charge in [-0.2, -0.15) is 4.89 Å². The Morgan fingerprint density at radius 2 is 2.06 bits per heavy atom. The van der Waals surface area contributed by atoms with E-state index in [1.807, 2.05) is 0 Å². The van der Waals surface area contributed by atoms with Crippen LogP contribution in [-0.2, 0) is 9.78 Å². The standard InChI is InChI=1S/C15H22O2/c1-5-16-17-15-11(3)6-7-13-9-10(2)8-12(4)14(13)15/h1,9-12,14-15H,6-8H2,2-4H3. The molecule has 0 N–H and O–H groups in total. The first-order valence-electron chi connectivity index (χ1n) is 6.62. The zero-order chi connectivity index (χ0) is 12.4. The third kappa shape index (κ3) is 2.50. The SMILES string of the molecule is C#COOC1C(C)CCC2=CC(C)CC(C)C21. The van der Waals surface area contributed by atoms with E-state index < -0.39 is 0 Å². The summed E-state index contributed by atoms with van der Waals surface area (Å²) in [6.07, 6.45) is 13.4. The molecule has 17 heavy (non-hydrogen) atoms. The van der Waals surface area contributed by atoms with Crippen molar-refractivity contribution < 1.29 is 9.78 Å². The van der Waals surface area contributed by atoms with E-state index in [4.69, 9.17) is 16.2 Å². The molecule has 0 aromatic carbocycles. The number of rotatable bonds is 2. The molecule has 0 aromatic rings. The quantitative estimate of drug-likeness (QED) is 0.315. The second-order valence-electron chi connectivity index (χ2n) is 5.74. The maximum atomic E-state index is 5.44. The first-order chi connectivity index (χ1) is 8.13. The van der Waals surface area contributed by atoms with Crippen LogP contribution in [0.25, 0.3) is 0 Å². The minimum Gasteiger partial charge on any atom is -0.282 e. The van der Waals surface area contributed by atoms with Gasteiger partial charge in [-0.25, -0.2) is 0 Å². The van der Waals surface area contributed by atoms with Crippen LogP contribution in [0.5, 0.6) is 0 Å². The van der Waals surface area contributed by atoms with Crippen LogP contribution in [0.15, 0.2) is 11.6 Å². The maximum Gasteiger partial charge on any atom is 0.153 e. The predicted octanol–water partition coefficient (Wildman–Crippen LogP) is 3.54. The lowest BCUT2D eigenvalue weighted by Crippen LogP contribution is -2.41. The normalized spacial score (nSPS) is 41.1. The summed E-state index contributed by atoms with van der Waals surface area (Å²) in [6, 6.07) is 0. The summed E-state index contributed by atoms with van der Waals surface area (Å²) in [5, 5.41) is 0. The highest BCUT2D eigenvalue weighted by molar-refractivity contribution is 5.18. The topological polar surface area (TPSA) is 18.5 Å². The molecule has 0 spiro atoms. The molecule has 5 atom stereocenters. The average Bonchev–Trinajstić information content (AvgIpc) is 2.28. The van der Waals surface area contributed by atoms with Gasteiger partial charge in [0.1, 0.15) is 6.10 Å². The van der Waals surface area contributed by atoms with Gasteiger partial charge in [-0.3, -0.25) is 4.89 Å². The van der Waals surface area contributed by atoms with Crippen LogP contribution in [0.2, 0.25) is 0 Å². The highest BCUT2D eigenvalue weighted by Gasteiger charge is 2.41. The molecular weight excluding hydrogens is 212 g/mol. The molecule has 0 radical (unpaired) electrons. The molecule has 2 nitrogen and oxygen atoms in total. The number of hydrogen-bond donors (Lipinski definition) is 0. The summed E-state index contributed by atoms with van der Waals surface area (Å²) >= 11 is 0. The van der Waals surface area contributed by atoms with Crippen molar-refractivity contribution in [3.8, 4) is 12.5 Å². The summed E-state index contributed by atoms with van der Waals surface area (Å²) in [4.78, 5) is 10.2. The smallest absolute Gasteiger partial charge is 0.153 e. The molecule has 0 heterocycles. The minimum absolute atomic E-state index is 0.119. The minimum atomic E-state index is 0.119. The summed E-state index contributed by atoms with van der Waals surface area (Å²) in [5.41, 5.74) is 1.56. The van der Waals surface area contributed by atoms with E-state index in [1.54, 1.807) is 5.57 Å². The fourth-order valence-electron chi connectivity index (χ4n) is 3.58. The van der Waals surface area contributed by atoms with Crippen molar-refractivity contribution in [2.24, 2.45) is 23.7 Å². The van der Waals surface area contributed by atoms with Gasteiger partial charge in [-0.05, 0) is 37.0 Å². The van der Waals surface area contributed by atoms with Gasteiger partial charge in [0.15, 0.2) is 6.11 Å². The summed E-state index contributed by atoms with van der Waals surface area (Å²) in [6.45, 7) is 6.84. The van der Waals surface area contributed by atoms with Crippen molar-refractivity contribution in [1.29, 1.82) is 0 Å². The average molecular weight is 234 g/mol. The molecule has 94 valence electrons. The van der Waals surface area contributed by atoms with E-state index in [0.717, 1.165) is 0 Å². The zero-order valence-electron chi connectivity index (χ0n) is 11.0. The van der Waals surface area contributed by atoms with Gasteiger partial charge in [-0.1, -0.05) is 38.8 Å². The van der Waals surface area contributed by atoms with Gasteiger partial charge < -0.3 is 0 Å². The molecule has 0 bridgehead atoms. The molecule has 1 saturated carbocycles. The van der Waals surface area contributed by atoms with Crippen molar-refractivity contribution >= 4 is 0 Å². The summed E-state index contributed by atoms with van der Waals surface area (Å²) in [5.74, 6) is 2.35. The Morgan fingerprint density at radius 3 is 2.76 bits per heavy atom. The molecule has 0 aromatic heterocycles. The lowest BCUT2D eigenvalue weighted by Gasteiger charge is -2.43. The fourth-order valence-corrected chi connectivity index (χ4v) is 3.58. The van der Waals surface area contributed by atoms with E-state index in [0.29, 0.717) is 23.7 Å². The molecule has 1 fully saturated rings. The van der Waals surface area contributed by atoms with Crippen LogP contribution < -0.4 is 0 Å². The van der Waals surface area contributed by atoms with Gasteiger partial charge in [0.2, 0.25) is 0 Å². The number of allylic oxidation sites excluding steroid dienone is 1. The lowest BCUT2D eigenvalue weighted by molar-refractivity contribution is -0.299. The van der Waals surface area contributed by atoms with Crippen LogP contribution in [-0.4, -0.2) is 6.10 Å². The van der Waals surface area contributed by atoms with Crippen molar-refractivity contribution in [3.63, 3.8) is 0 Å². The number of fused-ring (bicyclic) bond motifs is 1. The Balaban J connectivity index is 2.18. The third-order valence-electron chi connectivity index (χ3n) is 4.29. The monoisotopic (exact) mass is 234 g/mol. The van der Waals surface area contributed by atoms with Gasteiger partial charge in [0.05, 0.1) is 0 Å². The van der Waals surface area contributed by atoms with Crippen LogP contribution in [0.4, 0.5) is 0 Å². The van der Waals surface area contributed by atoms with Crippen molar-refractivity contribution in [2.45, 2.75) is 46.1 Å². The van der Waals surface area contributed by atoms with E-state index in [9.17, 15) is 0 Å². The van der Waals surface area contributed by atoms with Gasteiger partial charge in [0, 0.05) is 5.92 Å². The van der Waals surface area contributed by atoms with Crippen LogP contribution in [0, 0.1) is 36.2 Å². The second kappa shape index (κ2) is 5.14. The van der Waals surface area contributed by atoms with E-state index in [2.05, 4.69) is 33.0 Å². The van der Waals surface area contributed by atoms with Gasteiger partial charge in [-0.15, -0.1) is 0 Å². The molecule has 0 saturated heterocycles. The first-order valence-corrected chi connectivity index (χ1v) is 6.62.